The van der Waals surface area contributed by atoms with E-state index in [9.17, 15) is 29.1 Å². The molecule has 1 saturated carbocycles. The van der Waals surface area contributed by atoms with E-state index in [0.717, 1.165) is 5.57 Å². The van der Waals surface area contributed by atoms with Crippen molar-refractivity contribution in [1.82, 2.24) is 4.90 Å². The summed E-state index contributed by atoms with van der Waals surface area (Å²) in [5.41, 5.74) is 0.560. The number of halogens is 1. The van der Waals surface area contributed by atoms with Gasteiger partial charge in [-0.2, -0.15) is 0 Å². The monoisotopic (exact) mass is 648 g/mol. The molecule has 2 N–H and O–H groups in total. The number of hydrogen-bond acceptors (Lipinski definition) is 6. The van der Waals surface area contributed by atoms with Gasteiger partial charge in [-0.3, -0.25) is 28.9 Å². The number of aliphatic carboxylic acids is 1. The first-order valence-electron chi connectivity index (χ1n) is 14.7. The van der Waals surface area contributed by atoms with Gasteiger partial charge in [0.15, 0.2) is 0 Å². The number of carboxylic acid groups (broad SMARTS) is 1. The van der Waals surface area contributed by atoms with Crippen LogP contribution in [0.5, 0.6) is 5.75 Å². The molecule has 9 nitrogen and oxygen atoms in total. The van der Waals surface area contributed by atoms with Crippen LogP contribution in [0.25, 0.3) is 0 Å². The molecule has 0 unspecified atom stereocenters. The highest BCUT2D eigenvalue weighted by molar-refractivity contribution is 9.10. The number of carboxylic acids is 1. The maximum atomic E-state index is 14.4. The van der Waals surface area contributed by atoms with E-state index in [4.69, 9.17) is 5.11 Å². The Bertz CT molecular complexity index is 1560. The van der Waals surface area contributed by atoms with Gasteiger partial charge in [0.25, 0.3) is 0 Å². The Labute approximate surface area is 257 Å². The Morgan fingerprint density at radius 1 is 0.977 bits per heavy atom. The van der Waals surface area contributed by atoms with E-state index in [1.54, 1.807) is 49.4 Å². The van der Waals surface area contributed by atoms with Gasteiger partial charge in [-0.15, -0.1) is 0 Å². The lowest BCUT2D eigenvalue weighted by atomic mass is 9.51. The Morgan fingerprint density at radius 3 is 2.44 bits per heavy atom. The zero-order chi connectivity index (χ0) is 30.6. The Kier molecular flexibility index (Phi) is 7.52. The zero-order valence-electron chi connectivity index (χ0n) is 23.7. The fourth-order valence-corrected chi connectivity index (χ4v) is 8.33. The third-order valence-corrected chi connectivity index (χ3v) is 10.4. The van der Waals surface area contributed by atoms with Gasteiger partial charge >= 0.3 is 5.97 Å². The van der Waals surface area contributed by atoms with Crippen molar-refractivity contribution in [2.24, 2.45) is 29.1 Å². The number of phenolic OH excluding ortho intramolecular Hbond substituents is 1. The summed E-state index contributed by atoms with van der Waals surface area (Å²) in [6, 6.07) is 13.8. The fraction of sp³-hybridized carbons (Fsp3) is 0.424. The number of aromatic hydroxyl groups is 1. The fourth-order valence-electron chi connectivity index (χ4n) is 7.95. The van der Waals surface area contributed by atoms with Gasteiger partial charge < -0.3 is 10.2 Å². The SMILES string of the molecule is C[C@@]12C(=O)N(c3ccccc3)C(=O)[C@@H]1C[C@@H]1C(=CC[C@@H]3C(=O)N(CCCCCC(=O)O)C(=O)[C@@H]31)[C@@H]2c1cc(Br)ccc1O. The summed E-state index contributed by atoms with van der Waals surface area (Å²) in [5.74, 6) is -5.22. The van der Waals surface area contributed by atoms with E-state index in [-0.39, 0.29) is 48.8 Å². The van der Waals surface area contributed by atoms with Crippen molar-refractivity contribution in [2.75, 3.05) is 11.4 Å². The lowest BCUT2D eigenvalue weighted by Crippen LogP contribution is -2.48. The van der Waals surface area contributed by atoms with E-state index in [2.05, 4.69) is 15.9 Å². The molecule has 2 aliphatic heterocycles. The molecule has 10 heteroatoms. The zero-order valence-corrected chi connectivity index (χ0v) is 25.3. The van der Waals surface area contributed by atoms with Crippen LogP contribution in [-0.2, 0) is 24.0 Å². The number of hydrogen-bond donors (Lipinski definition) is 2. The number of amides is 4. The van der Waals surface area contributed by atoms with Crippen molar-refractivity contribution >= 4 is 51.2 Å². The number of para-hydroxylation sites is 1. The second kappa shape index (κ2) is 11.0. The topological polar surface area (TPSA) is 132 Å². The molecule has 6 rings (SSSR count). The minimum absolute atomic E-state index is 0.00734. The highest BCUT2D eigenvalue weighted by atomic mass is 79.9. The molecule has 224 valence electrons. The number of likely N-dealkylation sites (tertiary alicyclic amines) is 1. The van der Waals surface area contributed by atoms with Crippen LogP contribution in [-0.4, -0.2) is 51.3 Å². The van der Waals surface area contributed by atoms with Crippen LogP contribution in [0.4, 0.5) is 5.69 Å². The number of benzene rings is 2. The highest BCUT2D eigenvalue weighted by Gasteiger charge is 2.67. The smallest absolute Gasteiger partial charge is 0.303 e. The van der Waals surface area contributed by atoms with Gasteiger partial charge in [0.05, 0.1) is 28.9 Å². The van der Waals surface area contributed by atoms with Crippen LogP contribution in [0.1, 0.15) is 56.9 Å². The number of allylic oxidation sites excluding steroid dienone is 2. The third kappa shape index (κ3) is 4.61. The number of anilines is 1. The quantitative estimate of drug-likeness (QED) is 0.233. The van der Waals surface area contributed by atoms with E-state index in [0.29, 0.717) is 41.4 Å². The predicted octanol–water partition coefficient (Wildman–Crippen LogP) is 5.03. The third-order valence-electron chi connectivity index (χ3n) is 9.95. The van der Waals surface area contributed by atoms with Gasteiger partial charge in [0.2, 0.25) is 23.6 Å². The minimum atomic E-state index is -1.23. The lowest BCUT2D eigenvalue weighted by molar-refractivity contribution is -0.141. The van der Waals surface area contributed by atoms with Crippen LogP contribution < -0.4 is 4.90 Å². The van der Waals surface area contributed by atoms with Crippen LogP contribution in [0.15, 0.2) is 64.7 Å². The average Bonchev–Trinajstić information content (AvgIpc) is 3.34. The first-order chi connectivity index (χ1) is 20.6. The lowest BCUT2D eigenvalue weighted by Gasteiger charge is -2.49. The van der Waals surface area contributed by atoms with E-state index >= 15 is 0 Å². The summed E-state index contributed by atoms with van der Waals surface area (Å²) in [5, 5.41) is 20.0. The number of carbonyl (C=O) groups is 5. The molecule has 4 aliphatic rings. The molecule has 2 heterocycles. The molecule has 6 atom stereocenters. The predicted molar refractivity (Wildman–Crippen MR) is 160 cm³/mol. The number of nitrogens with zero attached hydrogens (tertiary/aromatic N) is 2. The van der Waals surface area contributed by atoms with Crippen LogP contribution >= 0.6 is 15.9 Å². The summed E-state index contributed by atoms with van der Waals surface area (Å²) in [7, 11) is 0. The van der Waals surface area contributed by atoms with Gasteiger partial charge in [0.1, 0.15) is 5.75 Å². The Hall–Kier alpha value is -3.79. The molecule has 4 amide bonds. The van der Waals surface area contributed by atoms with Crippen LogP contribution in [0.2, 0.25) is 0 Å². The largest absolute Gasteiger partial charge is 0.508 e. The number of imide groups is 2. The Morgan fingerprint density at radius 2 is 1.72 bits per heavy atom. The first kappa shape index (κ1) is 29.3. The summed E-state index contributed by atoms with van der Waals surface area (Å²) in [4.78, 5) is 69.3. The second-order valence-electron chi connectivity index (χ2n) is 12.2. The molecule has 2 aromatic rings. The summed E-state index contributed by atoms with van der Waals surface area (Å²) >= 11 is 3.50. The molecular formula is C33H33BrN2O7. The number of phenols is 1. The van der Waals surface area contributed by atoms with Gasteiger partial charge in [-0.25, -0.2) is 4.90 Å². The standard InChI is InChI=1S/C33H33BrN2O7/c1-33-24(30(41)36(32(33)43)19-8-4-2-5-9-19)17-22-20(28(33)23-16-18(34)11-14-25(23)37)12-13-21-27(22)31(42)35(29(21)40)15-7-3-6-10-26(38)39/h2,4-5,8-9,11-12,14,16,21-22,24,27-28,37H,3,6-7,10,13,15,17H2,1H3,(H,38,39)/t21-,22+,24-,27-,28+,33+/m0/s1. The highest BCUT2D eigenvalue weighted by Crippen LogP contribution is 2.64. The molecule has 0 aromatic heterocycles. The number of carbonyl (C=O) groups excluding carboxylic acids is 4. The van der Waals surface area contributed by atoms with Crippen molar-refractivity contribution in [1.29, 1.82) is 0 Å². The van der Waals surface area contributed by atoms with Gasteiger partial charge in [-0.1, -0.05) is 52.2 Å². The van der Waals surface area contributed by atoms with Crippen molar-refractivity contribution < 1.29 is 34.2 Å². The van der Waals surface area contributed by atoms with E-state index in [1.807, 2.05) is 12.1 Å². The van der Waals surface area contributed by atoms with Gasteiger partial charge in [0, 0.05) is 28.9 Å². The van der Waals surface area contributed by atoms with Crippen molar-refractivity contribution in [3.63, 3.8) is 0 Å². The van der Waals surface area contributed by atoms with Crippen LogP contribution in [0.3, 0.4) is 0 Å². The first-order valence-corrected chi connectivity index (χ1v) is 15.5. The van der Waals surface area contributed by atoms with Crippen molar-refractivity contribution in [3.8, 4) is 5.75 Å². The van der Waals surface area contributed by atoms with E-state index in [1.165, 1.54) is 9.80 Å². The normalized spacial score (nSPS) is 29.8. The summed E-state index contributed by atoms with van der Waals surface area (Å²) < 4.78 is 0.703. The van der Waals surface area contributed by atoms with Crippen LogP contribution in [0, 0.1) is 29.1 Å². The van der Waals surface area contributed by atoms with Crippen molar-refractivity contribution in [2.45, 2.75) is 51.4 Å². The number of fused-ring (bicyclic) bond motifs is 4. The van der Waals surface area contributed by atoms with E-state index < -0.39 is 41.0 Å². The minimum Gasteiger partial charge on any atom is -0.508 e. The molecule has 2 saturated heterocycles. The molecule has 2 aromatic carbocycles. The summed E-state index contributed by atoms with van der Waals surface area (Å²) in [6.07, 6.45) is 4.15. The molecule has 0 bridgehead atoms. The number of rotatable bonds is 8. The molecule has 43 heavy (non-hydrogen) atoms. The molecule has 0 radical (unpaired) electrons. The number of unbranched alkanes of at least 4 members (excludes halogenated alkanes) is 2. The molecule has 2 aliphatic carbocycles. The second-order valence-corrected chi connectivity index (χ2v) is 13.1. The maximum Gasteiger partial charge on any atom is 0.303 e. The summed E-state index contributed by atoms with van der Waals surface area (Å²) in [6.45, 7) is 2.02. The average molecular weight is 650 g/mol. The molecular weight excluding hydrogens is 616 g/mol. The molecule has 3 fully saturated rings. The molecule has 0 spiro atoms. The Balaban J connectivity index is 1.39. The maximum absolute atomic E-state index is 14.4. The van der Waals surface area contributed by atoms with Gasteiger partial charge in [-0.05, 0) is 68.9 Å². The van der Waals surface area contributed by atoms with Crippen molar-refractivity contribution in [3.05, 3.63) is 70.2 Å².